The van der Waals surface area contributed by atoms with Crippen LogP contribution in [0.15, 0.2) is 53.6 Å². The maximum atomic E-state index is 6.08. The van der Waals surface area contributed by atoms with Crippen LogP contribution in [0.2, 0.25) is 0 Å². The first-order valence-corrected chi connectivity index (χ1v) is 12.4. The molecule has 2 aromatic heterocycles. The second-order valence-corrected chi connectivity index (χ2v) is 10.7. The van der Waals surface area contributed by atoms with E-state index in [0.717, 1.165) is 44.9 Å². The molecule has 0 fully saturated rings. The first-order valence-electron chi connectivity index (χ1n) is 10.6. The molecule has 4 heterocycles. The molecule has 0 unspecified atom stereocenters. The standard InChI is InChI=1S/C25H22N2O3S2/c1-25(2)11-17-20(12-30-25)32-24-21(17)23(26-22(27-24)16-6-4-3-5-7-16)31-13-15-8-9-18-19(10-15)29-14-28-18/h3-10H,11-14H2,1-2H3. The number of ether oxygens (including phenoxy) is 3. The molecule has 2 aliphatic rings. The molecule has 6 rings (SSSR count). The molecular weight excluding hydrogens is 440 g/mol. The van der Waals surface area contributed by atoms with Crippen LogP contribution in [0.5, 0.6) is 11.5 Å². The van der Waals surface area contributed by atoms with Crippen LogP contribution in [0.25, 0.3) is 21.6 Å². The molecule has 0 saturated heterocycles. The summed E-state index contributed by atoms with van der Waals surface area (Å²) in [5.41, 5.74) is 3.37. The third-order valence-corrected chi connectivity index (χ3v) is 7.89. The van der Waals surface area contributed by atoms with Gasteiger partial charge in [0.25, 0.3) is 0 Å². The van der Waals surface area contributed by atoms with E-state index in [2.05, 4.69) is 38.1 Å². The first kappa shape index (κ1) is 20.0. The molecule has 0 saturated carbocycles. The van der Waals surface area contributed by atoms with Crippen LogP contribution < -0.4 is 9.47 Å². The summed E-state index contributed by atoms with van der Waals surface area (Å²) in [5.74, 6) is 3.18. The molecule has 0 amide bonds. The van der Waals surface area contributed by atoms with E-state index in [0.29, 0.717) is 6.61 Å². The zero-order chi connectivity index (χ0) is 21.7. The van der Waals surface area contributed by atoms with Gasteiger partial charge in [-0.2, -0.15) is 0 Å². The summed E-state index contributed by atoms with van der Waals surface area (Å²) in [4.78, 5) is 12.3. The molecule has 162 valence electrons. The highest BCUT2D eigenvalue weighted by atomic mass is 32.2. The number of hydrogen-bond acceptors (Lipinski definition) is 7. The molecule has 0 radical (unpaired) electrons. The van der Waals surface area contributed by atoms with Crippen LogP contribution in [-0.4, -0.2) is 22.4 Å². The fourth-order valence-corrected chi connectivity index (χ4v) is 6.28. The maximum absolute atomic E-state index is 6.08. The lowest BCUT2D eigenvalue weighted by molar-refractivity contribution is -0.0379. The highest BCUT2D eigenvalue weighted by Gasteiger charge is 2.31. The summed E-state index contributed by atoms with van der Waals surface area (Å²) in [6, 6.07) is 16.3. The average Bonchev–Trinajstić information content (AvgIpc) is 3.41. The molecule has 0 aliphatic carbocycles. The van der Waals surface area contributed by atoms with Crippen molar-refractivity contribution >= 4 is 33.3 Å². The van der Waals surface area contributed by atoms with Crippen LogP contribution in [-0.2, 0) is 23.5 Å². The molecular formula is C25H22N2O3S2. The Balaban J connectivity index is 1.43. The third-order valence-electron chi connectivity index (χ3n) is 5.74. The number of fused-ring (bicyclic) bond motifs is 4. The first-order chi connectivity index (χ1) is 15.6. The van der Waals surface area contributed by atoms with E-state index in [1.165, 1.54) is 21.4 Å². The molecule has 2 aromatic carbocycles. The summed E-state index contributed by atoms with van der Waals surface area (Å²) in [7, 11) is 0. The van der Waals surface area contributed by atoms with Gasteiger partial charge in [0.1, 0.15) is 9.86 Å². The molecule has 2 aliphatic heterocycles. The number of benzene rings is 2. The summed E-state index contributed by atoms with van der Waals surface area (Å²) in [6.45, 7) is 5.23. The van der Waals surface area contributed by atoms with Crippen LogP contribution in [0, 0.1) is 0 Å². The second kappa shape index (κ2) is 7.76. The van der Waals surface area contributed by atoms with E-state index < -0.39 is 0 Å². The van der Waals surface area contributed by atoms with Gasteiger partial charge in [0.15, 0.2) is 17.3 Å². The molecule has 0 N–H and O–H groups in total. The predicted octanol–water partition coefficient (Wildman–Crippen LogP) is 6.23. The lowest BCUT2D eigenvalue weighted by Gasteiger charge is -2.30. The number of hydrogen-bond donors (Lipinski definition) is 0. The average molecular weight is 463 g/mol. The Morgan fingerprint density at radius 1 is 1.03 bits per heavy atom. The van der Waals surface area contributed by atoms with Gasteiger partial charge >= 0.3 is 0 Å². The summed E-state index contributed by atoms with van der Waals surface area (Å²) < 4.78 is 17.1. The van der Waals surface area contributed by atoms with E-state index in [1.54, 1.807) is 23.1 Å². The van der Waals surface area contributed by atoms with Crippen molar-refractivity contribution in [2.24, 2.45) is 0 Å². The van der Waals surface area contributed by atoms with Crippen molar-refractivity contribution in [1.82, 2.24) is 9.97 Å². The van der Waals surface area contributed by atoms with Crippen molar-refractivity contribution in [2.45, 2.75) is 43.3 Å². The topological polar surface area (TPSA) is 53.5 Å². The quantitative estimate of drug-likeness (QED) is 0.265. The van der Waals surface area contributed by atoms with Crippen LogP contribution in [0.3, 0.4) is 0 Å². The SMILES string of the molecule is CC1(C)Cc2c(sc3nc(-c4ccccc4)nc(SCc4ccc5c(c4)OCO5)c23)CO1. The van der Waals surface area contributed by atoms with Gasteiger partial charge in [-0.05, 0) is 37.1 Å². The summed E-state index contributed by atoms with van der Waals surface area (Å²) in [6.07, 6.45) is 0.869. The van der Waals surface area contributed by atoms with E-state index in [1.807, 2.05) is 24.3 Å². The zero-order valence-corrected chi connectivity index (χ0v) is 19.5. The lowest BCUT2D eigenvalue weighted by Crippen LogP contribution is -2.31. The minimum Gasteiger partial charge on any atom is -0.454 e. The number of thiophene rings is 1. The minimum absolute atomic E-state index is 0.182. The Morgan fingerprint density at radius 2 is 1.88 bits per heavy atom. The molecule has 0 bridgehead atoms. The van der Waals surface area contributed by atoms with E-state index in [-0.39, 0.29) is 12.4 Å². The monoisotopic (exact) mass is 462 g/mol. The maximum Gasteiger partial charge on any atom is 0.231 e. The largest absolute Gasteiger partial charge is 0.454 e. The van der Waals surface area contributed by atoms with Crippen molar-refractivity contribution in [3.05, 3.63) is 64.5 Å². The summed E-state index contributed by atoms with van der Waals surface area (Å²) in [5, 5.41) is 2.22. The van der Waals surface area contributed by atoms with E-state index in [4.69, 9.17) is 24.2 Å². The molecule has 0 spiro atoms. The Bertz CT molecular complexity index is 1320. The van der Waals surface area contributed by atoms with Gasteiger partial charge in [0, 0.05) is 28.0 Å². The highest BCUT2D eigenvalue weighted by Crippen LogP contribution is 2.43. The van der Waals surface area contributed by atoms with E-state index in [9.17, 15) is 0 Å². The number of rotatable bonds is 4. The zero-order valence-electron chi connectivity index (χ0n) is 17.9. The number of thioether (sulfide) groups is 1. The van der Waals surface area contributed by atoms with Gasteiger partial charge in [-0.1, -0.05) is 36.4 Å². The molecule has 32 heavy (non-hydrogen) atoms. The van der Waals surface area contributed by atoms with Gasteiger partial charge in [-0.3, -0.25) is 0 Å². The number of nitrogens with zero attached hydrogens (tertiary/aromatic N) is 2. The van der Waals surface area contributed by atoms with Crippen molar-refractivity contribution in [3.63, 3.8) is 0 Å². The van der Waals surface area contributed by atoms with Crippen molar-refractivity contribution in [2.75, 3.05) is 6.79 Å². The smallest absolute Gasteiger partial charge is 0.231 e. The van der Waals surface area contributed by atoms with Gasteiger partial charge in [-0.15, -0.1) is 23.1 Å². The van der Waals surface area contributed by atoms with Gasteiger partial charge in [0.2, 0.25) is 6.79 Å². The fraction of sp³-hybridized carbons (Fsp3) is 0.280. The predicted molar refractivity (Wildman–Crippen MR) is 128 cm³/mol. The third kappa shape index (κ3) is 3.64. The van der Waals surface area contributed by atoms with Gasteiger partial charge in [-0.25, -0.2) is 9.97 Å². The van der Waals surface area contributed by atoms with E-state index >= 15 is 0 Å². The lowest BCUT2D eigenvalue weighted by atomic mass is 9.94. The minimum atomic E-state index is -0.182. The fourth-order valence-electron chi connectivity index (χ4n) is 4.11. The molecule has 7 heteroatoms. The van der Waals surface area contributed by atoms with Gasteiger partial charge in [0.05, 0.1) is 12.2 Å². The highest BCUT2D eigenvalue weighted by molar-refractivity contribution is 7.98. The molecule has 5 nitrogen and oxygen atoms in total. The molecule has 4 aromatic rings. The van der Waals surface area contributed by atoms with Crippen LogP contribution in [0.4, 0.5) is 0 Å². The van der Waals surface area contributed by atoms with Crippen molar-refractivity contribution < 1.29 is 14.2 Å². The number of aromatic nitrogens is 2. The Kier molecular flexibility index (Phi) is 4.86. The molecule has 0 atom stereocenters. The van der Waals surface area contributed by atoms with Crippen LogP contribution >= 0.6 is 23.1 Å². The Labute approximate surface area is 194 Å². The van der Waals surface area contributed by atoms with Crippen LogP contribution in [0.1, 0.15) is 29.9 Å². The van der Waals surface area contributed by atoms with Crippen molar-refractivity contribution in [1.29, 1.82) is 0 Å². The van der Waals surface area contributed by atoms with Gasteiger partial charge < -0.3 is 14.2 Å². The Morgan fingerprint density at radius 3 is 2.75 bits per heavy atom. The summed E-state index contributed by atoms with van der Waals surface area (Å²) >= 11 is 3.49. The second-order valence-electron chi connectivity index (χ2n) is 8.60. The van der Waals surface area contributed by atoms with Crippen molar-refractivity contribution in [3.8, 4) is 22.9 Å². The normalized spacial score (nSPS) is 16.3. The Hall–Kier alpha value is -2.61.